The summed E-state index contributed by atoms with van der Waals surface area (Å²) in [7, 11) is 0. The summed E-state index contributed by atoms with van der Waals surface area (Å²) in [4.78, 5) is 17.3. The van der Waals surface area contributed by atoms with Crippen LogP contribution in [0, 0.1) is 0 Å². The number of amides is 1. The van der Waals surface area contributed by atoms with E-state index in [1.807, 2.05) is 60.0 Å². The predicted molar refractivity (Wildman–Crippen MR) is 108 cm³/mol. The summed E-state index contributed by atoms with van der Waals surface area (Å²) in [5, 5.41) is 6.08. The highest BCUT2D eigenvalue weighted by atomic mass is 32.1. The first kappa shape index (κ1) is 17.7. The molecule has 1 aliphatic rings. The van der Waals surface area contributed by atoms with Gasteiger partial charge < -0.3 is 10.1 Å². The molecule has 5 heteroatoms. The fourth-order valence-electron chi connectivity index (χ4n) is 3.44. The highest BCUT2D eigenvalue weighted by molar-refractivity contribution is 7.13. The molecule has 2 heterocycles. The Morgan fingerprint density at radius 1 is 1.19 bits per heavy atom. The van der Waals surface area contributed by atoms with Gasteiger partial charge >= 0.3 is 0 Å². The minimum atomic E-state index is -0.312. The molecule has 0 radical (unpaired) electrons. The van der Waals surface area contributed by atoms with Crippen LogP contribution in [0.1, 0.15) is 37.6 Å². The van der Waals surface area contributed by atoms with E-state index in [0.717, 1.165) is 34.0 Å². The van der Waals surface area contributed by atoms with E-state index < -0.39 is 0 Å². The highest BCUT2D eigenvalue weighted by Gasteiger charge is 2.34. The lowest BCUT2D eigenvalue weighted by atomic mass is 9.89. The van der Waals surface area contributed by atoms with E-state index in [4.69, 9.17) is 4.74 Å². The number of thiazole rings is 1. The first-order valence-corrected chi connectivity index (χ1v) is 9.95. The van der Waals surface area contributed by atoms with Gasteiger partial charge in [-0.15, -0.1) is 11.3 Å². The number of benzene rings is 2. The quantitative estimate of drug-likeness (QED) is 0.711. The molecule has 2 aromatic carbocycles. The second-order valence-corrected chi connectivity index (χ2v) is 8.27. The fraction of sp³-hybridized carbons (Fsp3) is 0.273. The van der Waals surface area contributed by atoms with Crippen LogP contribution in [-0.2, 0) is 11.2 Å². The van der Waals surface area contributed by atoms with Crippen molar-refractivity contribution >= 4 is 17.2 Å². The van der Waals surface area contributed by atoms with Crippen LogP contribution in [0.25, 0.3) is 10.6 Å². The smallest absolute Gasteiger partial charge is 0.226 e. The molecular formula is C22H22N2O2S. The number of rotatable bonds is 4. The topological polar surface area (TPSA) is 51.2 Å². The molecule has 1 aliphatic heterocycles. The predicted octanol–water partition coefficient (Wildman–Crippen LogP) is 4.77. The van der Waals surface area contributed by atoms with Crippen molar-refractivity contribution in [2.24, 2.45) is 0 Å². The third-order valence-electron chi connectivity index (χ3n) is 4.63. The van der Waals surface area contributed by atoms with Gasteiger partial charge in [0.05, 0.1) is 18.2 Å². The maximum atomic E-state index is 12.7. The highest BCUT2D eigenvalue weighted by Crippen LogP contribution is 2.39. The number of para-hydroxylation sites is 1. The third kappa shape index (κ3) is 4.03. The third-order valence-corrected chi connectivity index (χ3v) is 5.57. The van der Waals surface area contributed by atoms with Crippen molar-refractivity contribution in [3.8, 4) is 16.3 Å². The summed E-state index contributed by atoms with van der Waals surface area (Å²) < 4.78 is 6.04. The Labute approximate surface area is 163 Å². The minimum Gasteiger partial charge on any atom is -0.487 e. The van der Waals surface area contributed by atoms with Crippen molar-refractivity contribution in [3.05, 3.63) is 71.2 Å². The number of fused-ring (bicyclic) bond motifs is 1. The largest absolute Gasteiger partial charge is 0.487 e. The van der Waals surface area contributed by atoms with E-state index in [2.05, 4.69) is 24.1 Å². The molecule has 4 rings (SSSR count). The maximum Gasteiger partial charge on any atom is 0.226 e. The molecule has 3 aromatic rings. The molecule has 27 heavy (non-hydrogen) atoms. The lowest BCUT2D eigenvalue weighted by Gasteiger charge is -2.37. The van der Waals surface area contributed by atoms with Gasteiger partial charge in [-0.2, -0.15) is 0 Å². The van der Waals surface area contributed by atoms with Gasteiger partial charge in [0, 0.05) is 22.9 Å². The molecule has 1 amide bonds. The lowest BCUT2D eigenvalue weighted by Crippen LogP contribution is -2.41. The van der Waals surface area contributed by atoms with E-state index in [1.165, 1.54) is 0 Å². The SMILES string of the molecule is CC1(C)C[C@@H](NC(=O)Cc2csc(-c3ccccc3)n2)c2ccccc2O1. The van der Waals surface area contributed by atoms with E-state index in [1.54, 1.807) is 11.3 Å². The summed E-state index contributed by atoms with van der Waals surface area (Å²) in [5.41, 5.74) is 2.60. The zero-order chi connectivity index (χ0) is 18.9. The Bertz CT molecular complexity index is 950. The molecule has 0 bridgehead atoms. The fourth-order valence-corrected chi connectivity index (χ4v) is 4.27. The Morgan fingerprint density at radius 3 is 2.74 bits per heavy atom. The van der Waals surface area contributed by atoms with Crippen molar-refractivity contribution in [1.82, 2.24) is 10.3 Å². The van der Waals surface area contributed by atoms with Crippen LogP contribution in [0.4, 0.5) is 0 Å². The van der Waals surface area contributed by atoms with Gasteiger partial charge in [-0.05, 0) is 19.9 Å². The maximum absolute atomic E-state index is 12.7. The molecule has 0 aliphatic carbocycles. The molecule has 138 valence electrons. The Kier molecular flexibility index (Phi) is 4.70. The molecule has 1 N–H and O–H groups in total. The van der Waals surface area contributed by atoms with Crippen LogP contribution in [-0.4, -0.2) is 16.5 Å². The lowest BCUT2D eigenvalue weighted by molar-refractivity contribution is -0.121. The van der Waals surface area contributed by atoms with Crippen LogP contribution < -0.4 is 10.1 Å². The van der Waals surface area contributed by atoms with Crippen molar-refractivity contribution in [2.45, 2.75) is 38.3 Å². The number of nitrogens with one attached hydrogen (secondary N) is 1. The Balaban J connectivity index is 1.46. The van der Waals surface area contributed by atoms with E-state index in [9.17, 15) is 4.79 Å². The van der Waals surface area contributed by atoms with Gasteiger partial charge in [-0.25, -0.2) is 4.98 Å². The summed E-state index contributed by atoms with van der Waals surface area (Å²) in [6, 6.07) is 17.9. The van der Waals surface area contributed by atoms with Crippen LogP contribution in [0.3, 0.4) is 0 Å². The standard InChI is InChI=1S/C22H22N2O2S/c1-22(2)13-18(17-10-6-7-11-19(17)26-22)24-20(25)12-16-14-27-21(23-16)15-8-4-3-5-9-15/h3-11,14,18H,12-13H2,1-2H3,(H,24,25)/t18-/m1/s1. The van der Waals surface area contributed by atoms with Gasteiger partial charge in [-0.3, -0.25) is 4.79 Å². The van der Waals surface area contributed by atoms with Gasteiger partial charge in [0.25, 0.3) is 0 Å². The zero-order valence-corrected chi connectivity index (χ0v) is 16.3. The normalized spacial score (nSPS) is 17.6. The molecule has 0 saturated heterocycles. The van der Waals surface area contributed by atoms with E-state index in [0.29, 0.717) is 0 Å². The monoisotopic (exact) mass is 378 g/mol. The number of carbonyl (C=O) groups is 1. The van der Waals surface area contributed by atoms with Crippen molar-refractivity contribution in [3.63, 3.8) is 0 Å². The van der Waals surface area contributed by atoms with Crippen molar-refractivity contribution in [1.29, 1.82) is 0 Å². The molecule has 0 saturated carbocycles. The summed E-state index contributed by atoms with van der Waals surface area (Å²) in [5.74, 6) is 0.830. The second-order valence-electron chi connectivity index (χ2n) is 7.41. The molecule has 0 fully saturated rings. The van der Waals surface area contributed by atoms with Gasteiger partial charge in [0.2, 0.25) is 5.91 Å². The number of ether oxygens (including phenoxy) is 1. The minimum absolute atomic E-state index is 0.0163. The molecular weight excluding hydrogens is 356 g/mol. The molecule has 0 unspecified atom stereocenters. The number of hydrogen-bond donors (Lipinski definition) is 1. The first-order chi connectivity index (χ1) is 13.0. The van der Waals surface area contributed by atoms with Crippen molar-refractivity contribution in [2.75, 3.05) is 0 Å². The van der Waals surface area contributed by atoms with Crippen LogP contribution in [0.5, 0.6) is 5.75 Å². The van der Waals surface area contributed by atoms with Crippen LogP contribution >= 0.6 is 11.3 Å². The van der Waals surface area contributed by atoms with Gasteiger partial charge in [0.15, 0.2) is 0 Å². The summed E-state index contributed by atoms with van der Waals surface area (Å²) in [6.07, 6.45) is 1.02. The first-order valence-electron chi connectivity index (χ1n) is 9.07. The van der Waals surface area contributed by atoms with Gasteiger partial charge in [0.1, 0.15) is 16.4 Å². The molecule has 1 aromatic heterocycles. The number of nitrogens with zero attached hydrogens (tertiary/aromatic N) is 1. The van der Waals surface area contributed by atoms with Crippen molar-refractivity contribution < 1.29 is 9.53 Å². The Morgan fingerprint density at radius 2 is 1.93 bits per heavy atom. The number of aromatic nitrogens is 1. The Hall–Kier alpha value is -2.66. The zero-order valence-electron chi connectivity index (χ0n) is 15.4. The average Bonchev–Trinajstić information content (AvgIpc) is 3.10. The second kappa shape index (κ2) is 7.16. The summed E-state index contributed by atoms with van der Waals surface area (Å²) in [6.45, 7) is 4.10. The molecule has 1 atom stereocenters. The van der Waals surface area contributed by atoms with E-state index >= 15 is 0 Å². The van der Waals surface area contributed by atoms with E-state index in [-0.39, 0.29) is 24.0 Å². The molecule has 0 spiro atoms. The molecule has 4 nitrogen and oxygen atoms in total. The summed E-state index contributed by atoms with van der Waals surface area (Å²) >= 11 is 1.57. The number of hydrogen-bond acceptors (Lipinski definition) is 4. The van der Waals surface area contributed by atoms with Gasteiger partial charge in [-0.1, -0.05) is 48.5 Å². The number of carbonyl (C=O) groups excluding carboxylic acids is 1. The average molecular weight is 378 g/mol. The van der Waals surface area contributed by atoms with Crippen LogP contribution in [0.2, 0.25) is 0 Å². The van der Waals surface area contributed by atoms with Crippen LogP contribution in [0.15, 0.2) is 60.0 Å².